The molecule has 0 bridgehead atoms. The van der Waals surface area contributed by atoms with Crippen molar-refractivity contribution in [2.75, 3.05) is 25.1 Å². The number of aliphatic carboxylic acids is 1. The third-order valence-corrected chi connectivity index (χ3v) is 5.21. The topological polar surface area (TPSA) is 244 Å². The summed E-state index contributed by atoms with van der Waals surface area (Å²) in [5.41, 5.74) is 17.3. The van der Waals surface area contributed by atoms with Gasteiger partial charge in [-0.25, -0.2) is 4.98 Å². The fourth-order valence-electron chi connectivity index (χ4n) is 2.84. The molecule has 1 aromatic rings. The summed E-state index contributed by atoms with van der Waals surface area (Å²) in [5.74, 6) is -2.57. The van der Waals surface area contributed by atoms with Gasteiger partial charge in [0.1, 0.15) is 18.6 Å². The van der Waals surface area contributed by atoms with Crippen LogP contribution >= 0.6 is 11.8 Å². The summed E-state index contributed by atoms with van der Waals surface area (Å²) in [4.78, 5) is 59.4. The second kappa shape index (κ2) is 15.5. The maximum absolute atomic E-state index is 13.0. The van der Waals surface area contributed by atoms with Crippen molar-refractivity contribution in [3.8, 4) is 0 Å². The average Bonchev–Trinajstić information content (AvgIpc) is 3.29. The first-order valence-corrected chi connectivity index (χ1v) is 11.9. The van der Waals surface area contributed by atoms with Crippen molar-refractivity contribution in [1.82, 2.24) is 25.9 Å². The molecular formula is C19H33N9O5S. The van der Waals surface area contributed by atoms with E-state index >= 15 is 0 Å². The molecule has 1 heterocycles. The molecule has 0 fully saturated rings. The molecule has 190 valence electrons. The number of aromatic amines is 1. The zero-order valence-electron chi connectivity index (χ0n) is 19.0. The van der Waals surface area contributed by atoms with Crippen LogP contribution in [0.1, 0.15) is 25.0 Å². The summed E-state index contributed by atoms with van der Waals surface area (Å²) >= 11 is 1.46. The molecule has 0 spiro atoms. The molecule has 3 amide bonds. The Kier molecular flexibility index (Phi) is 13.1. The fraction of sp³-hybridized carbons (Fsp3) is 0.579. The average molecular weight is 500 g/mol. The smallest absolute Gasteiger partial charge is 0.322 e. The maximum atomic E-state index is 13.0. The van der Waals surface area contributed by atoms with Crippen molar-refractivity contribution >= 4 is 41.4 Å². The van der Waals surface area contributed by atoms with E-state index in [0.717, 1.165) is 0 Å². The predicted molar refractivity (Wildman–Crippen MR) is 128 cm³/mol. The van der Waals surface area contributed by atoms with Crippen LogP contribution in [0.15, 0.2) is 17.5 Å². The molecule has 3 atom stereocenters. The van der Waals surface area contributed by atoms with Crippen LogP contribution < -0.4 is 33.2 Å². The van der Waals surface area contributed by atoms with Gasteiger partial charge in [-0.1, -0.05) is 0 Å². The van der Waals surface area contributed by atoms with Crippen LogP contribution in [0, 0.1) is 0 Å². The number of hydrogen-bond acceptors (Lipinski definition) is 8. The van der Waals surface area contributed by atoms with Crippen molar-refractivity contribution in [3.63, 3.8) is 0 Å². The van der Waals surface area contributed by atoms with Crippen molar-refractivity contribution in [2.45, 2.75) is 43.8 Å². The highest BCUT2D eigenvalue weighted by molar-refractivity contribution is 7.98. The van der Waals surface area contributed by atoms with Crippen LogP contribution in [0.3, 0.4) is 0 Å². The number of aromatic nitrogens is 2. The first-order chi connectivity index (χ1) is 16.1. The summed E-state index contributed by atoms with van der Waals surface area (Å²) in [6, 6.07) is -2.94. The first kappa shape index (κ1) is 28.7. The number of nitrogens with one attached hydrogen (secondary N) is 4. The number of nitrogens with zero attached hydrogens (tertiary/aromatic N) is 2. The SMILES string of the molecule is CSCCC(NC(=O)C(CCCN=C(N)N)NC(=O)C(N)Cc1cnc[nH]1)C(=O)NCC(=O)O. The lowest BCUT2D eigenvalue weighted by atomic mass is 10.1. The van der Waals surface area contributed by atoms with E-state index in [1.54, 1.807) is 6.20 Å². The number of carbonyl (C=O) groups is 4. The zero-order chi connectivity index (χ0) is 25.5. The lowest BCUT2D eigenvalue weighted by Crippen LogP contribution is -2.56. The Hall–Kier alpha value is -3.33. The van der Waals surface area contributed by atoms with Crippen molar-refractivity contribution < 1.29 is 24.3 Å². The Morgan fingerprint density at radius 1 is 1.15 bits per heavy atom. The van der Waals surface area contributed by atoms with Gasteiger partial charge in [-0.05, 0) is 31.3 Å². The molecule has 34 heavy (non-hydrogen) atoms. The second-order valence-corrected chi connectivity index (χ2v) is 8.34. The minimum atomic E-state index is -1.21. The van der Waals surface area contributed by atoms with Gasteiger partial charge >= 0.3 is 5.97 Å². The standard InChI is InChI=1S/C19H33N9O5S/c1-34-6-4-14(17(32)25-9-15(29)30)28-18(33)13(3-2-5-24-19(21)22)27-16(31)12(20)7-11-8-23-10-26-11/h8,10,12-14H,2-7,9,20H2,1H3,(H,23,26)(H,25,32)(H,27,31)(H,28,33)(H,29,30)(H4,21,22,24). The van der Waals surface area contributed by atoms with Gasteiger partial charge in [0.05, 0.1) is 12.4 Å². The van der Waals surface area contributed by atoms with Crippen molar-refractivity contribution in [3.05, 3.63) is 18.2 Å². The zero-order valence-corrected chi connectivity index (χ0v) is 19.8. The van der Waals surface area contributed by atoms with Crippen LogP contribution in [-0.2, 0) is 25.6 Å². The lowest BCUT2D eigenvalue weighted by Gasteiger charge is -2.24. The summed E-state index contributed by atoms with van der Waals surface area (Å²) in [5, 5.41) is 16.3. The molecule has 1 aromatic heterocycles. The second-order valence-electron chi connectivity index (χ2n) is 7.35. The van der Waals surface area contributed by atoms with Gasteiger partial charge in [0.15, 0.2) is 5.96 Å². The molecule has 3 unspecified atom stereocenters. The molecule has 0 aliphatic carbocycles. The van der Waals surface area contributed by atoms with Gasteiger partial charge in [0.25, 0.3) is 0 Å². The van der Waals surface area contributed by atoms with Gasteiger partial charge in [-0.3, -0.25) is 24.2 Å². The Bertz CT molecular complexity index is 830. The largest absolute Gasteiger partial charge is 0.480 e. The van der Waals surface area contributed by atoms with Gasteiger partial charge in [-0.2, -0.15) is 11.8 Å². The van der Waals surface area contributed by atoms with Crippen molar-refractivity contribution in [2.24, 2.45) is 22.2 Å². The third kappa shape index (κ3) is 11.5. The number of hydrogen-bond donors (Lipinski definition) is 8. The number of imidazole rings is 1. The Balaban J connectivity index is 2.87. The molecule has 14 nitrogen and oxygen atoms in total. The Morgan fingerprint density at radius 2 is 1.82 bits per heavy atom. The van der Waals surface area contributed by atoms with E-state index in [4.69, 9.17) is 22.3 Å². The van der Waals surface area contributed by atoms with E-state index in [1.165, 1.54) is 18.1 Å². The maximum Gasteiger partial charge on any atom is 0.322 e. The van der Waals surface area contributed by atoms with Crippen LogP contribution in [0.5, 0.6) is 0 Å². The summed E-state index contributed by atoms with van der Waals surface area (Å²) in [6.45, 7) is -0.344. The molecule has 0 aliphatic rings. The van der Waals surface area contributed by atoms with Crippen LogP contribution in [0.4, 0.5) is 0 Å². The quantitative estimate of drug-likeness (QED) is 0.0662. The van der Waals surface area contributed by atoms with Crippen molar-refractivity contribution in [1.29, 1.82) is 0 Å². The molecule has 0 saturated heterocycles. The number of amides is 3. The molecule has 15 heteroatoms. The van der Waals surface area contributed by atoms with E-state index in [1.807, 2.05) is 6.26 Å². The minimum Gasteiger partial charge on any atom is -0.480 e. The Morgan fingerprint density at radius 3 is 2.41 bits per heavy atom. The van der Waals surface area contributed by atoms with Gasteiger partial charge < -0.3 is 43.2 Å². The van der Waals surface area contributed by atoms with E-state index < -0.39 is 48.4 Å². The summed E-state index contributed by atoms with van der Waals surface area (Å²) in [7, 11) is 0. The highest BCUT2D eigenvalue weighted by Gasteiger charge is 2.28. The van der Waals surface area contributed by atoms with Gasteiger partial charge in [0, 0.05) is 24.9 Å². The summed E-state index contributed by atoms with van der Waals surface area (Å²) in [6.07, 6.45) is 5.84. The number of aliphatic imine (C=N–C) groups is 1. The molecule has 0 aromatic carbocycles. The number of thioether (sulfide) groups is 1. The van der Waals surface area contributed by atoms with Gasteiger partial charge in [-0.15, -0.1) is 0 Å². The van der Waals surface area contributed by atoms with E-state index in [0.29, 0.717) is 17.9 Å². The first-order valence-electron chi connectivity index (χ1n) is 10.5. The number of guanidine groups is 1. The van der Waals surface area contributed by atoms with E-state index in [9.17, 15) is 19.2 Å². The van der Waals surface area contributed by atoms with E-state index in [2.05, 4.69) is 30.9 Å². The Labute approximate surface area is 201 Å². The highest BCUT2D eigenvalue weighted by atomic mass is 32.2. The normalized spacial score (nSPS) is 13.2. The summed E-state index contributed by atoms with van der Waals surface area (Å²) < 4.78 is 0. The van der Waals surface area contributed by atoms with Crippen LogP contribution in [0.25, 0.3) is 0 Å². The molecular weight excluding hydrogens is 466 g/mol. The third-order valence-electron chi connectivity index (χ3n) is 4.57. The predicted octanol–water partition coefficient (Wildman–Crippen LogP) is -2.74. The number of carboxylic acids is 1. The molecule has 0 saturated carbocycles. The van der Waals surface area contributed by atoms with Gasteiger partial charge in [0.2, 0.25) is 17.7 Å². The number of carbonyl (C=O) groups excluding carboxylic acids is 3. The monoisotopic (exact) mass is 499 g/mol. The molecule has 0 radical (unpaired) electrons. The fourth-order valence-corrected chi connectivity index (χ4v) is 3.31. The number of nitrogens with two attached hydrogens (primary N) is 3. The lowest BCUT2D eigenvalue weighted by molar-refractivity contribution is -0.138. The molecule has 0 aliphatic heterocycles. The van der Waals surface area contributed by atoms with Crippen LogP contribution in [-0.4, -0.2) is 87.9 Å². The number of carboxylic acid groups (broad SMARTS) is 1. The minimum absolute atomic E-state index is 0.0983. The highest BCUT2D eigenvalue weighted by Crippen LogP contribution is 2.05. The number of H-pyrrole nitrogens is 1. The van der Waals surface area contributed by atoms with E-state index in [-0.39, 0.29) is 31.8 Å². The molecule has 11 N–H and O–H groups in total. The van der Waals surface area contributed by atoms with Crippen LogP contribution in [0.2, 0.25) is 0 Å². The number of rotatable bonds is 16. The molecule has 1 rings (SSSR count).